The molecule has 4 heteroatoms. The number of hydrogen-bond acceptors (Lipinski definition) is 2. The molecule has 1 rings (SSSR count). The Morgan fingerprint density at radius 2 is 2.27 bits per heavy atom. The fraction of sp³-hybridized carbons (Fsp3) is 0.364. The molecule has 0 radical (unpaired) electrons. The van der Waals surface area contributed by atoms with Crippen LogP contribution in [0.25, 0.3) is 0 Å². The topological polar surface area (TPSA) is 46.5 Å². The van der Waals surface area contributed by atoms with E-state index in [1.165, 1.54) is 0 Å². The second-order valence-electron chi connectivity index (χ2n) is 3.15. The largest absolute Gasteiger partial charge is 0.493 e. The van der Waals surface area contributed by atoms with Crippen LogP contribution in [0.4, 0.5) is 0 Å². The van der Waals surface area contributed by atoms with Gasteiger partial charge in [-0.2, -0.15) is 0 Å². The predicted molar refractivity (Wildman–Crippen MR) is 66.5 cm³/mol. The van der Waals surface area contributed by atoms with Crippen molar-refractivity contribution in [1.82, 2.24) is 0 Å². The molecule has 0 saturated heterocycles. The highest BCUT2D eigenvalue weighted by Crippen LogP contribution is 2.21. The van der Waals surface area contributed by atoms with Crippen molar-refractivity contribution in [3.05, 3.63) is 27.3 Å². The summed E-state index contributed by atoms with van der Waals surface area (Å²) in [4.78, 5) is 10.9. The van der Waals surface area contributed by atoms with Crippen LogP contribution in [0.5, 0.6) is 5.75 Å². The lowest BCUT2D eigenvalue weighted by atomic mass is 10.2. The van der Waals surface area contributed by atoms with Crippen LogP contribution >= 0.6 is 22.6 Å². The Bertz CT molecular complexity index is 350. The number of halogens is 1. The molecular formula is C11H13IO3. The summed E-state index contributed by atoms with van der Waals surface area (Å²) in [6.07, 6.45) is 1.97. The van der Waals surface area contributed by atoms with Gasteiger partial charge in [-0.25, -0.2) is 4.79 Å². The summed E-state index contributed by atoms with van der Waals surface area (Å²) >= 11 is 2.08. The lowest BCUT2D eigenvalue weighted by Crippen LogP contribution is -2.04. The molecule has 0 amide bonds. The minimum absolute atomic E-state index is 0.234. The molecule has 0 aliphatic carbocycles. The first kappa shape index (κ1) is 12.3. The van der Waals surface area contributed by atoms with Crippen molar-refractivity contribution in [2.75, 3.05) is 6.61 Å². The normalized spacial score (nSPS) is 10.0. The Morgan fingerprint density at radius 3 is 2.87 bits per heavy atom. The molecule has 1 N–H and O–H groups in total. The van der Waals surface area contributed by atoms with Crippen molar-refractivity contribution in [3.8, 4) is 5.75 Å². The summed E-state index contributed by atoms with van der Waals surface area (Å²) in [6.45, 7) is 2.63. The Labute approximate surface area is 103 Å². The Hall–Kier alpha value is -0.780. The third kappa shape index (κ3) is 3.70. The molecule has 0 unspecified atom stereocenters. The van der Waals surface area contributed by atoms with Crippen molar-refractivity contribution in [3.63, 3.8) is 0 Å². The summed E-state index contributed by atoms with van der Waals surface area (Å²) in [6, 6.07) is 5.17. The lowest BCUT2D eigenvalue weighted by molar-refractivity contribution is 0.0692. The number of carbonyl (C=O) groups is 1. The van der Waals surface area contributed by atoms with E-state index in [2.05, 4.69) is 29.5 Å². The van der Waals surface area contributed by atoms with Gasteiger partial charge >= 0.3 is 5.97 Å². The van der Waals surface area contributed by atoms with Gasteiger partial charge in [-0.05, 0) is 47.2 Å². The second kappa shape index (κ2) is 5.95. The highest BCUT2D eigenvalue weighted by molar-refractivity contribution is 14.1. The number of hydrogen-bond donors (Lipinski definition) is 1. The molecular weight excluding hydrogens is 307 g/mol. The maximum Gasteiger partial charge on any atom is 0.339 e. The first-order valence-electron chi connectivity index (χ1n) is 4.80. The molecule has 82 valence electrons. The zero-order valence-electron chi connectivity index (χ0n) is 8.50. The predicted octanol–water partition coefficient (Wildman–Crippen LogP) is 3.17. The van der Waals surface area contributed by atoms with Gasteiger partial charge in [-0.15, -0.1) is 0 Å². The number of unbranched alkanes of at least 4 members (excludes halogenated alkanes) is 1. The standard InChI is InChI=1S/C11H13IO3/c1-2-3-6-15-10-5-4-8(12)7-9(10)11(13)14/h4-5,7H,2-3,6H2,1H3,(H,13,14). The van der Waals surface area contributed by atoms with Gasteiger partial charge in [-0.1, -0.05) is 13.3 Å². The van der Waals surface area contributed by atoms with E-state index in [9.17, 15) is 4.79 Å². The first-order chi connectivity index (χ1) is 7.15. The van der Waals surface area contributed by atoms with Gasteiger partial charge in [0.15, 0.2) is 0 Å². The molecule has 15 heavy (non-hydrogen) atoms. The molecule has 0 aliphatic rings. The SMILES string of the molecule is CCCCOc1ccc(I)cc1C(=O)O. The number of rotatable bonds is 5. The minimum Gasteiger partial charge on any atom is -0.493 e. The van der Waals surface area contributed by atoms with Crippen molar-refractivity contribution in [1.29, 1.82) is 0 Å². The molecule has 0 atom stereocenters. The van der Waals surface area contributed by atoms with Gasteiger partial charge in [0.25, 0.3) is 0 Å². The molecule has 0 bridgehead atoms. The Morgan fingerprint density at radius 1 is 1.53 bits per heavy atom. The van der Waals surface area contributed by atoms with Crippen molar-refractivity contribution in [2.24, 2.45) is 0 Å². The highest BCUT2D eigenvalue weighted by Gasteiger charge is 2.11. The van der Waals surface area contributed by atoms with E-state index in [1.54, 1.807) is 12.1 Å². The summed E-state index contributed by atoms with van der Waals surface area (Å²) < 4.78 is 6.31. The molecule has 1 aromatic rings. The lowest BCUT2D eigenvalue weighted by Gasteiger charge is -2.08. The number of ether oxygens (including phenoxy) is 1. The van der Waals surface area contributed by atoms with E-state index in [-0.39, 0.29) is 5.56 Å². The van der Waals surface area contributed by atoms with Crippen LogP contribution < -0.4 is 4.74 Å². The van der Waals surface area contributed by atoms with Crippen LogP contribution in [-0.2, 0) is 0 Å². The third-order valence-electron chi connectivity index (χ3n) is 1.93. The van der Waals surface area contributed by atoms with Gasteiger partial charge in [0.1, 0.15) is 11.3 Å². The summed E-state index contributed by atoms with van der Waals surface area (Å²) in [7, 11) is 0. The van der Waals surface area contributed by atoms with Crippen LogP contribution in [0.2, 0.25) is 0 Å². The Kier molecular flexibility index (Phi) is 4.87. The average Bonchev–Trinajstić information content (AvgIpc) is 2.20. The summed E-state index contributed by atoms with van der Waals surface area (Å²) in [5.74, 6) is -0.489. The zero-order chi connectivity index (χ0) is 11.3. The fourth-order valence-electron chi connectivity index (χ4n) is 1.12. The quantitative estimate of drug-likeness (QED) is 0.669. The highest BCUT2D eigenvalue weighted by atomic mass is 127. The molecule has 0 spiro atoms. The molecule has 0 heterocycles. The first-order valence-corrected chi connectivity index (χ1v) is 5.88. The smallest absolute Gasteiger partial charge is 0.339 e. The van der Waals surface area contributed by atoms with Crippen LogP contribution in [-0.4, -0.2) is 17.7 Å². The number of carboxylic acids is 1. The van der Waals surface area contributed by atoms with Gasteiger partial charge in [-0.3, -0.25) is 0 Å². The molecule has 0 saturated carbocycles. The van der Waals surface area contributed by atoms with Crippen molar-refractivity contribution >= 4 is 28.6 Å². The number of aromatic carboxylic acids is 1. The van der Waals surface area contributed by atoms with Crippen LogP contribution in [0.3, 0.4) is 0 Å². The van der Waals surface area contributed by atoms with Crippen molar-refractivity contribution in [2.45, 2.75) is 19.8 Å². The van der Waals surface area contributed by atoms with E-state index in [4.69, 9.17) is 9.84 Å². The molecule has 0 aliphatic heterocycles. The zero-order valence-corrected chi connectivity index (χ0v) is 10.7. The van der Waals surface area contributed by atoms with Crippen LogP contribution in [0, 0.1) is 3.57 Å². The molecule has 1 aromatic carbocycles. The van der Waals surface area contributed by atoms with E-state index >= 15 is 0 Å². The van der Waals surface area contributed by atoms with E-state index in [0.717, 1.165) is 16.4 Å². The van der Waals surface area contributed by atoms with E-state index in [0.29, 0.717) is 12.4 Å². The maximum absolute atomic E-state index is 10.9. The third-order valence-corrected chi connectivity index (χ3v) is 2.60. The number of carboxylic acid groups (broad SMARTS) is 1. The van der Waals surface area contributed by atoms with Crippen molar-refractivity contribution < 1.29 is 14.6 Å². The van der Waals surface area contributed by atoms with Gasteiger partial charge < -0.3 is 9.84 Å². The molecule has 3 nitrogen and oxygen atoms in total. The van der Waals surface area contributed by atoms with E-state index in [1.807, 2.05) is 6.07 Å². The summed E-state index contributed by atoms with van der Waals surface area (Å²) in [5, 5.41) is 8.96. The van der Waals surface area contributed by atoms with Crippen LogP contribution in [0.1, 0.15) is 30.1 Å². The van der Waals surface area contributed by atoms with Gasteiger partial charge in [0.2, 0.25) is 0 Å². The maximum atomic E-state index is 10.9. The molecule has 0 fully saturated rings. The fourth-order valence-corrected chi connectivity index (χ4v) is 1.61. The second-order valence-corrected chi connectivity index (χ2v) is 4.39. The average molecular weight is 320 g/mol. The van der Waals surface area contributed by atoms with Gasteiger partial charge in [0, 0.05) is 3.57 Å². The molecule has 0 aromatic heterocycles. The number of benzene rings is 1. The van der Waals surface area contributed by atoms with E-state index < -0.39 is 5.97 Å². The Balaban J connectivity index is 2.81. The minimum atomic E-state index is -0.944. The van der Waals surface area contributed by atoms with Gasteiger partial charge in [0.05, 0.1) is 6.61 Å². The summed E-state index contributed by atoms with van der Waals surface area (Å²) in [5.41, 5.74) is 0.234. The monoisotopic (exact) mass is 320 g/mol. The van der Waals surface area contributed by atoms with Crippen LogP contribution in [0.15, 0.2) is 18.2 Å².